The number of carbonyl (C=O) groups is 1. The number of nitrogens with zero attached hydrogens (tertiary/aromatic N) is 3. The van der Waals surface area contributed by atoms with E-state index in [0.717, 1.165) is 33.5 Å². The van der Waals surface area contributed by atoms with Crippen molar-refractivity contribution < 1.29 is 4.79 Å². The minimum Gasteiger partial charge on any atom is -0.341 e. The van der Waals surface area contributed by atoms with Crippen molar-refractivity contribution in [1.29, 1.82) is 0 Å². The predicted molar refractivity (Wildman–Crippen MR) is 101 cm³/mol. The molecule has 0 aliphatic rings. The molecule has 0 spiro atoms. The Bertz CT molecular complexity index is 721. The maximum atomic E-state index is 12.6. The van der Waals surface area contributed by atoms with Crippen LogP contribution in [-0.2, 0) is 24.3 Å². The van der Waals surface area contributed by atoms with Gasteiger partial charge in [0.05, 0.1) is 12.1 Å². The van der Waals surface area contributed by atoms with Crippen LogP contribution in [0.15, 0.2) is 28.7 Å². The summed E-state index contributed by atoms with van der Waals surface area (Å²) in [6.07, 6.45) is 0.400. The molecule has 1 aromatic carbocycles. The van der Waals surface area contributed by atoms with Gasteiger partial charge in [0.25, 0.3) is 0 Å². The maximum absolute atomic E-state index is 12.6. The second-order valence-electron chi connectivity index (χ2n) is 6.74. The predicted octanol–water partition coefficient (Wildman–Crippen LogP) is 4.12. The van der Waals surface area contributed by atoms with E-state index >= 15 is 0 Å². The van der Waals surface area contributed by atoms with Crippen LogP contribution in [0.5, 0.6) is 0 Å². The smallest absolute Gasteiger partial charge is 0.227 e. The average Bonchev–Trinajstić information content (AvgIpc) is 2.76. The van der Waals surface area contributed by atoms with Crippen molar-refractivity contribution in [1.82, 2.24) is 14.7 Å². The summed E-state index contributed by atoms with van der Waals surface area (Å²) in [5, 5.41) is 4.60. The van der Waals surface area contributed by atoms with Gasteiger partial charge in [0.1, 0.15) is 0 Å². The van der Waals surface area contributed by atoms with Gasteiger partial charge in [0.2, 0.25) is 5.91 Å². The van der Waals surface area contributed by atoms with Crippen LogP contribution in [0.1, 0.15) is 36.4 Å². The molecule has 0 unspecified atom stereocenters. The Labute approximate surface area is 153 Å². The molecule has 130 valence electrons. The molecule has 5 heteroatoms. The Morgan fingerprint density at radius 2 is 1.96 bits per heavy atom. The number of likely N-dealkylation sites (N-methyl/N-ethyl adjacent to an activating group) is 1. The fraction of sp³-hybridized carbons (Fsp3) is 0.474. The molecule has 2 rings (SSSR count). The molecule has 0 aliphatic carbocycles. The molecule has 2 aromatic rings. The van der Waals surface area contributed by atoms with E-state index in [-0.39, 0.29) is 5.91 Å². The summed E-state index contributed by atoms with van der Waals surface area (Å²) >= 11 is 3.54. The summed E-state index contributed by atoms with van der Waals surface area (Å²) in [7, 11) is 1.85. The Morgan fingerprint density at radius 1 is 1.29 bits per heavy atom. The lowest BCUT2D eigenvalue weighted by atomic mass is 10.1. The molecule has 0 N–H and O–H groups in total. The third-order valence-corrected chi connectivity index (χ3v) is 4.96. The first kappa shape index (κ1) is 18.7. The topological polar surface area (TPSA) is 38.1 Å². The normalized spacial score (nSPS) is 11.1. The van der Waals surface area contributed by atoms with Gasteiger partial charge in [-0.05, 0) is 31.4 Å². The number of benzene rings is 1. The van der Waals surface area contributed by atoms with Crippen LogP contribution in [0, 0.1) is 19.8 Å². The highest BCUT2D eigenvalue weighted by Gasteiger charge is 2.18. The van der Waals surface area contributed by atoms with Crippen molar-refractivity contribution in [3.05, 3.63) is 51.3 Å². The van der Waals surface area contributed by atoms with Crippen molar-refractivity contribution in [2.45, 2.75) is 47.2 Å². The SMILES string of the molecule is Cc1nn(CC(C)C)c(C)c1CC(=O)N(C)Cc1ccccc1Br. The summed E-state index contributed by atoms with van der Waals surface area (Å²) < 4.78 is 3.05. The van der Waals surface area contributed by atoms with Crippen molar-refractivity contribution in [3.8, 4) is 0 Å². The number of carbonyl (C=O) groups excluding carboxylic acids is 1. The third-order valence-electron chi connectivity index (χ3n) is 4.19. The summed E-state index contributed by atoms with van der Waals surface area (Å²) in [4.78, 5) is 14.4. The lowest BCUT2D eigenvalue weighted by Gasteiger charge is -2.18. The number of rotatable bonds is 6. The average molecular weight is 392 g/mol. The van der Waals surface area contributed by atoms with Crippen LogP contribution in [0.4, 0.5) is 0 Å². The van der Waals surface area contributed by atoms with Gasteiger partial charge in [0, 0.05) is 35.9 Å². The van der Waals surface area contributed by atoms with Crippen molar-refractivity contribution in [2.24, 2.45) is 5.92 Å². The molecule has 24 heavy (non-hydrogen) atoms. The largest absolute Gasteiger partial charge is 0.341 e. The van der Waals surface area contributed by atoms with Gasteiger partial charge in [-0.15, -0.1) is 0 Å². The van der Waals surface area contributed by atoms with Gasteiger partial charge in [-0.2, -0.15) is 5.10 Å². The molecule has 0 fully saturated rings. The van der Waals surface area contributed by atoms with E-state index in [4.69, 9.17) is 0 Å². The quantitative estimate of drug-likeness (QED) is 0.742. The zero-order chi connectivity index (χ0) is 17.9. The van der Waals surface area contributed by atoms with E-state index in [1.807, 2.05) is 42.9 Å². The number of hydrogen-bond acceptors (Lipinski definition) is 2. The molecule has 0 saturated carbocycles. The highest BCUT2D eigenvalue weighted by molar-refractivity contribution is 9.10. The number of amides is 1. The van der Waals surface area contributed by atoms with Gasteiger partial charge < -0.3 is 4.90 Å². The third kappa shape index (κ3) is 4.47. The molecule has 4 nitrogen and oxygen atoms in total. The van der Waals surface area contributed by atoms with Gasteiger partial charge >= 0.3 is 0 Å². The second-order valence-corrected chi connectivity index (χ2v) is 7.60. The molecule has 1 heterocycles. The molecule has 0 saturated heterocycles. The summed E-state index contributed by atoms with van der Waals surface area (Å²) in [6, 6.07) is 8.00. The molecule has 0 radical (unpaired) electrons. The molecule has 0 aliphatic heterocycles. The summed E-state index contributed by atoms with van der Waals surface area (Å²) in [5.41, 5.74) is 4.22. The van der Waals surface area contributed by atoms with E-state index < -0.39 is 0 Å². The molecule has 0 atom stereocenters. The monoisotopic (exact) mass is 391 g/mol. The molecule has 1 amide bonds. The zero-order valence-electron chi connectivity index (χ0n) is 15.1. The second kappa shape index (κ2) is 7.97. The highest BCUT2D eigenvalue weighted by atomic mass is 79.9. The van der Waals surface area contributed by atoms with Crippen molar-refractivity contribution in [3.63, 3.8) is 0 Å². The minimum absolute atomic E-state index is 0.112. The zero-order valence-corrected chi connectivity index (χ0v) is 16.7. The lowest BCUT2D eigenvalue weighted by molar-refractivity contribution is -0.129. The van der Waals surface area contributed by atoms with E-state index in [9.17, 15) is 4.79 Å². The van der Waals surface area contributed by atoms with E-state index in [1.165, 1.54) is 0 Å². The van der Waals surface area contributed by atoms with E-state index in [0.29, 0.717) is 18.9 Å². The summed E-state index contributed by atoms with van der Waals surface area (Å²) in [6.45, 7) is 9.87. The first-order valence-corrected chi connectivity index (χ1v) is 9.09. The Hall–Kier alpha value is -1.62. The van der Waals surface area contributed by atoms with Gasteiger partial charge in [-0.1, -0.05) is 48.0 Å². The number of hydrogen-bond donors (Lipinski definition) is 0. The maximum Gasteiger partial charge on any atom is 0.227 e. The van der Waals surface area contributed by atoms with Crippen LogP contribution in [0.2, 0.25) is 0 Å². The van der Waals surface area contributed by atoms with Crippen LogP contribution in [0.3, 0.4) is 0 Å². The number of halogens is 1. The standard InChI is InChI=1S/C19H26BrN3O/c1-13(2)11-23-15(4)17(14(3)21-23)10-19(24)22(5)12-16-8-6-7-9-18(16)20/h6-9,13H,10-12H2,1-5H3. The lowest BCUT2D eigenvalue weighted by Crippen LogP contribution is -2.28. The molecular weight excluding hydrogens is 366 g/mol. The van der Waals surface area contributed by atoms with E-state index in [1.54, 1.807) is 4.90 Å². The number of aromatic nitrogens is 2. The number of aryl methyl sites for hydroxylation is 1. The molecule has 1 aromatic heterocycles. The molecule has 0 bridgehead atoms. The van der Waals surface area contributed by atoms with Gasteiger partial charge in [-0.25, -0.2) is 0 Å². The van der Waals surface area contributed by atoms with Gasteiger partial charge in [0.15, 0.2) is 0 Å². The Kier molecular flexibility index (Phi) is 6.21. The van der Waals surface area contributed by atoms with Crippen molar-refractivity contribution in [2.75, 3.05) is 7.05 Å². The Morgan fingerprint density at radius 3 is 2.58 bits per heavy atom. The Balaban J connectivity index is 2.09. The first-order chi connectivity index (χ1) is 11.3. The first-order valence-electron chi connectivity index (χ1n) is 8.29. The molecular formula is C19H26BrN3O. The minimum atomic E-state index is 0.112. The van der Waals surface area contributed by atoms with E-state index in [2.05, 4.69) is 41.8 Å². The van der Waals surface area contributed by atoms with Gasteiger partial charge in [-0.3, -0.25) is 9.48 Å². The van der Waals surface area contributed by atoms with Crippen molar-refractivity contribution >= 4 is 21.8 Å². The summed E-state index contributed by atoms with van der Waals surface area (Å²) in [5.74, 6) is 0.644. The fourth-order valence-corrected chi connectivity index (χ4v) is 3.18. The fourth-order valence-electron chi connectivity index (χ4n) is 2.77. The van der Waals surface area contributed by atoms with Crippen LogP contribution < -0.4 is 0 Å². The van der Waals surface area contributed by atoms with Crippen LogP contribution >= 0.6 is 15.9 Å². The van der Waals surface area contributed by atoms with Crippen LogP contribution in [-0.4, -0.2) is 27.6 Å². The highest BCUT2D eigenvalue weighted by Crippen LogP contribution is 2.19. The van der Waals surface area contributed by atoms with Crippen LogP contribution in [0.25, 0.3) is 0 Å².